The van der Waals surface area contributed by atoms with Crippen LogP contribution in [-0.4, -0.2) is 48.9 Å². The Morgan fingerprint density at radius 3 is 2.37 bits per heavy atom. The summed E-state index contributed by atoms with van der Waals surface area (Å²) < 4.78 is 10.5. The largest absolute Gasteiger partial charge is 0.464 e. The van der Waals surface area contributed by atoms with Crippen LogP contribution in [0.25, 0.3) is 11.3 Å². The second-order valence-corrected chi connectivity index (χ2v) is 6.05. The number of nitrogens with zero attached hydrogens (tertiary/aromatic N) is 1. The van der Waals surface area contributed by atoms with Crippen LogP contribution in [0, 0.1) is 0 Å². The van der Waals surface area contributed by atoms with Gasteiger partial charge in [-0.2, -0.15) is 0 Å². The first-order chi connectivity index (χ1) is 13.1. The number of carbonyl (C=O) groups is 3. The molecule has 1 aromatic carbocycles. The SMILES string of the molecule is O=C(CCC(=O)N1CCOCC1)NNC(=O)c1ccc(-c2ccco2)cc1. The monoisotopic (exact) mass is 371 g/mol. The van der Waals surface area contributed by atoms with Crippen LogP contribution in [0.1, 0.15) is 23.2 Å². The predicted molar refractivity (Wildman–Crippen MR) is 96.4 cm³/mol. The van der Waals surface area contributed by atoms with Gasteiger partial charge in [-0.25, -0.2) is 0 Å². The average molecular weight is 371 g/mol. The molecule has 2 N–H and O–H groups in total. The standard InChI is InChI=1S/C19H21N3O5/c23-17(7-8-18(24)22-9-12-26-13-10-22)20-21-19(25)15-5-3-14(4-6-15)16-2-1-11-27-16/h1-6,11H,7-10,12-13H2,(H,20,23)(H,21,25). The van der Waals surface area contributed by atoms with Crippen molar-refractivity contribution in [3.05, 3.63) is 48.2 Å². The summed E-state index contributed by atoms with van der Waals surface area (Å²) in [7, 11) is 0. The summed E-state index contributed by atoms with van der Waals surface area (Å²) in [5, 5.41) is 0. The molecule has 1 saturated heterocycles. The summed E-state index contributed by atoms with van der Waals surface area (Å²) in [5.41, 5.74) is 5.93. The lowest BCUT2D eigenvalue weighted by Crippen LogP contribution is -2.43. The van der Waals surface area contributed by atoms with Crippen LogP contribution in [0.5, 0.6) is 0 Å². The van der Waals surface area contributed by atoms with Crippen LogP contribution >= 0.6 is 0 Å². The van der Waals surface area contributed by atoms with Gasteiger partial charge in [0.1, 0.15) is 5.76 Å². The Balaban J connectivity index is 1.41. The number of nitrogens with one attached hydrogen (secondary N) is 2. The summed E-state index contributed by atoms with van der Waals surface area (Å²) in [6.45, 7) is 2.13. The van der Waals surface area contributed by atoms with Gasteiger partial charge in [0.2, 0.25) is 11.8 Å². The molecule has 1 aliphatic rings. The Morgan fingerprint density at radius 1 is 0.963 bits per heavy atom. The first kappa shape index (κ1) is 18.7. The van der Waals surface area contributed by atoms with Crippen molar-refractivity contribution < 1.29 is 23.5 Å². The molecule has 1 aliphatic heterocycles. The van der Waals surface area contributed by atoms with Gasteiger partial charge in [-0.3, -0.25) is 25.2 Å². The summed E-state index contributed by atoms with van der Waals surface area (Å²) >= 11 is 0. The average Bonchev–Trinajstić information content (AvgIpc) is 3.26. The molecular formula is C19H21N3O5. The second-order valence-electron chi connectivity index (χ2n) is 6.05. The lowest BCUT2D eigenvalue weighted by molar-refractivity contribution is -0.137. The summed E-state index contributed by atoms with van der Waals surface area (Å²) in [6.07, 6.45) is 1.68. The van der Waals surface area contributed by atoms with Crippen LogP contribution < -0.4 is 10.9 Å². The zero-order valence-corrected chi connectivity index (χ0v) is 14.8. The van der Waals surface area contributed by atoms with Crippen LogP contribution in [0.3, 0.4) is 0 Å². The van der Waals surface area contributed by atoms with Crippen molar-refractivity contribution in [2.75, 3.05) is 26.3 Å². The summed E-state index contributed by atoms with van der Waals surface area (Å²) in [5.74, 6) is -0.237. The molecule has 142 valence electrons. The van der Waals surface area contributed by atoms with E-state index in [1.807, 2.05) is 6.07 Å². The Morgan fingerprint density at radius 2 is 1.70 bits per heavy atom. The van der Waals surface area contributed by atoms with Gasteiger partial charge in [-0.15, -0.1) is 0 Å². The minimum atomic E-state index is -0.436. The number of furan rings is 1. The highest BCUT2D eigenvalue weighted by Crippen LogP contribution is 2.19. The van der Waals surface area contributed by atoms with E-state index in [2.05, 4.69) is 10.9 Å². The van der Waals surface area contributed by atoms with Gasteiger partial charge >= 0.3 is 0 Å². The van der Waals surface area contributed by atoms with Gasteiger partial charge in [0, 0.05) is 37.1 Å². The zero-order valence-electron chi connectivity index (χ0n) is 14.8. The van der Waals surface area contributed by atoms with Crippen molar-refractivity contribution in [1.82, 2.24) is 15.8 Å². The minimum absolute atomic E-state index is 0.00784. The maximum atomic E-state index is 12.1. The molecule has 0 radical (unpaired) electrons. The normalized spacial score (nSPS) is 13.9. The molecule has 8 heteroatoms. The highest BCUT2D eigenvalue weighted by atomic mass is 16.5. The van der Waals surface area contributed by atoms with E-state index in [1.165, 1.54) is 0 Å². The molecule has 8 nitrogen and oxygen atoms in total. The van der Waals surface area contributed by atoms with Crippen molar-refractivity contribution in [3.8, 4) is 11.3 Å². The molecule has 0 saturated carbocycles. The Kier molecular flexibility index (Phi) is 6.22. The van der Waals surface area contributed by atoms with E-state index in [-0.39, 0.29) is 18.7 Å². The quantitative estimate of drug-likeness (QED) is 0.773. The molecule has 0 unspecified atom stereocenters. The van der Waals surface area contributed by atoms with E-state index < -0.39 is 11.8 Å². The number of ether oxygens (including phenoxy) is 1. The van der Waals surface area contributed by atoms with Crippen LogP contribution in [0.2, 0.25) is 0 Å². The van der Waals surface area contributed by atoms with E-state index in [4.69, 9.17) is 9.15 Å². The third kappa shape index (κ3) is 5.18. The van der Waals surface area contributed by atoms with Gasteiger partial charge in [-0.05, 0) is 24.3 Å². The summed E-state index contributed by atoms with van der Waals surface area (Å²) in [6, 6.07) is 10.4. The van der Waals surface area contributed by atoms with Crippen molar-refractivity contribution in [3.63, 3.8) is 0 Å². The highest BCUT2D eigenvalue weighted by molar-refractivity contribution is 5.96. The smallest absolute Gasteiger partial charge is 0.269 e. The molecule has 0 bridgehead atoms. The fraction of sp³-hybridized carbons (Fsp3) is 0.316. The molecule has 0 aliphatic carbocycles. The Hall–Kier alpha value is -3.13. The molecule has 1 fully saturated rings. The molecule has 0 atom stereocenters. The van der Waals surface area contributed by atoms with E-state index in [1.54, 1.807) is 41.5 Å². The third-order valence-electron chi connectivity index (χ3n) is 4.20. The lowest BCUT2D eigenvalue weighted by Gasteiger charge is -2.26. The fourth-order valence-corrected chi connectivity index (χ4v) is 2.68. The van der Waals surface area contributed by atoms with E-state index in [0.29, 0.717) is 37.6 Å². The summed E-state index contributed by atoms with van der Waals surface area (Å²) in [4.78, 5) is 37.6. The van der Waals surface area contributed by atoms with Crippen LogP contribution in [-0.2, 0) is 14.3 Å². The minimum Gasteiger partial charge on any atom is -0.464 e. The number of hydrazine groups is 1. The maximum absolute atomic E-state index is 12.1. The maximum Gasteiger partial charge on any atom is 0.269 e. The lowest BCUT2D eigenvalue weighted by atomic mass is 10.1. The molecule has 27 heavy (non-hydrogen) atoms. The van der Waals surface area contributed by atoms with Gasteiger partial charge in [-0.1, -0.05) is 12.1 Å². The molecule has 1 aromatic heterocycles. The van der Waals surface area contributed by atoms with Crippen molar-refractivity contribution in [2.45, 2.75) is 12.8 Å². The number of morpholine rings is 1. The Labute approximate surface area is 156 Å². The van der Waals surface area contributed by atoms with Gasteiger partial charge in [0.15, 0.2) is 0 Å². The molecule has 3 rings (SSSR count). The van der Waals surface area contributed by atoms with Crippen LogP contribution in [0.4, 0.5) is 0 Å². The van der Waals surface area contributed by atoms with Crippen molar-refractivity contribution in [1.29, 1.82) is 0 Å². The van der Waals surface area contributed by atoms with Gasteiger partial charge < -0.3 is 14.1 Å². The first-order valence-electron chi connectivity index (χ1n) is 8.72. The van der Waals surface area contributed by atoms with Crippen LogP contribution in [0.15, 0.2) is 47.1 Å². The number of hydrogen-bond acceptors (Lipinski definition) is 5. The van der Waals surface area contributed by atoms with E-state index >= 15 is 0 Å². The predicted octanol–water partition coefficient (Wildman–Crippen LogP) is 1.35. The molecule has 2 aromatic rings. The third-order valence-corrected chi connectivity index (χ3v) is 4.20. The van der Waals surface area contributed by atoms with Crippen molar-refractivity contribution >= 4 is 17.7 Å². The topological polar surface area (TPSA) is 101 Å². The van der Waals surface area contributed by atoms with Gasteiger partial charge in [0.25, 0.3) is 5.91 Å². The fourth-order valence-electron chi connectivity index (χ4n) is 2.68. The molecule has 2 heterocycles. The number of benzene rings is 1. The zero-order chi connectivity index (χ0) is 19.1. The number of rotatable bonds is 5. The molecular weight excluding hydrogens is 350 g/mol. The number of hydrogen-bond donors (Lipinski definition) is 2. The van der Waals surface area contributed by atoms with Gasteiger partial charge in [0.05, 0.1) is 19.5 Å². The molecule has 3 amide bonds. The van der Waals surface area contributed by atoms with E-state index in [9.17, 15) is 14.4 Å². The second kappa shape index (κ2) is 9.00. The highest BCUT2D eigenvalue weighted by Gasteiger charge is 2.17. The van der Waals surface area contributed by atoms with E-state index in [0.717, 1.165) is 5.56 Å². The Bertz CT molecular complexity index is 780. The first-order valence-corrected chi connectivity index (χ1v) is 8.72. The van der Waals surface area contributed by atoms with Crippen molar-refractivity contribution in [2.24, 2.45) is 0 Å². The number of amides is 3. The molecule has 0 spiro atoms. The number of carbonyl (C=O) groups excluding carboxylic acids is 3.